The van der Waals surface area contributed by atoms with E-state index in [1.54, 1.807) is 4.90 Å². The molecule has 0 aliphatic carbocycles. The Hall–Kier alpha value is -1.64. The monoisotopic (exact) mass is 391 g/mol. The van der Waals surface area contributed by atoms with Crippen LogP contribution in [-0.2, 0) is 0 Å². The fourth-order valence-electron chi connectivity index (χ4n) is 2.36. The van der Waals surface area contributed by atoms with E-state index in [4.69, 9.17) is 5.41 Å². The molecule has 0 fully saturated rings. The highest BCUT2D eigenvalue weighted by Gasteiger charge is 2.34. The molecule has 0 saturated heterocycles. The zero-order valence-electron chi connectivity index (χ0n) is 10.4. The second kappa shape index (κ2) is 5.78. The van der Waals surface area contributed by atoms with Gasteiger partial charge in [0.1, 0.15) is 11.9 Å². The van der Waals surface area contributed by atoms with Gasteiger partial charge < -0.3 is 4.90 Å². The molecule has 5 heteroatoms. The van der Waals surface area contributed by atoms with Gasteiger partial charge in [-0.1, -0.05) is 40.2 Å². The molecule has 0 radical (unpaired) electrons. The molecular formula is C15H11Br2N3. The molecule has 100 valence electrons. The quantitative estimate of drug-likeness (QED) is 0.779. The summed E-state index contributed by atoms with van der Waals surface area (Å²) < 4.78 is 0.980. The van der Waals surface area contributed by atoms with Gasteiger partial charge in [0.05, 0.1) is 6.07 Å². The van der Waals surface area contributed by atoms with E-state index in [0.717, 1.165) is 21.3 Å². The van der Waals surface area contributed by atoms with E-state index in [1.807, 2.05) is 48.5 Å². The lowest BCUT2D eigenvalue weighted by Gasteiger charge is -2.22. The molecule has 3 rings (SSSR count). The van der Waals surface area contributed by atoms with Crippen molar-refractivity contribution in [3.63, 3.8) is 0 Å². The minimum atomic E-state index is -0.426. The zero-order valence-corrected chi connectivity index (χ0v) is 13.7. The van der Waals surface area contributed by atoms with E-state index in [9.17, 15) is 5.26 Å². The van der Waals surface area contributed by atoms with E-state index in [1.165, 1.54) is 0 Å². The normalized spacial score (nSPS) is 16.3. The van der Waals surface area contributed by atoms with Crippen LogP contribution in [0, 0.1) is 16.7 Å². The van der Waals surface area contributed by atoms with Crippen LogP contribution in [0.5, 0.6) is 0 Å². The number of nitrogens with one attached hydrogen (secondary N) is 1. The third kappa shape index (κ3) is 2.26. The Morgan fingerprint density at radius 1 is 1.10 bits per heavy atom. The first kappa shape index (κ1) is 14.8. The molecule has 0 amide bonds. The summed E-state index contributed by atoms with van der Waals surface area (Å²) in [6.45, 7) is 0. The molecule has 1 unspecified atom stereocenters. The molecule has 1 heterocycles. The summed E-state index contributed by atoms with van der Waals surface area (Å²) in [7, 11) is 0. The SMILES string of the molecule is Br.N#CC1c2ccccc2C(=N)N1c1ccc(Br)cc1. The van der Waals surface area contributed by atoms with Crippen LogP contribution in [0.4, 0.5) is 5.69 Å². The fraction of sp³-hybridized carbons (Fsp3) is 0.0667. The Morgan fingerprint density at radius 3 is 2.40 bits per heavy atom. The summed E-state index contributed by atoms with van der Waals surface area (Å²) in [5.41, 5.74) is 2.59. The maximum absolute atomic E-state index is 9.42. The van der Waals surface area contributed by atoms with Crippen LogP contribution in [0.1, 0.15) is 17.2 Å². The molecule has 1 aliphatic rings. The lowest BCUT2D eigenvalue weighted by molar-refractivity contribution is 0.919. The second-order valence-corrected chi connectivity index (χ2v) is 5.23. The number of nitriles is 1. The minimum Gasteiger partial charge on any atom is -0.306 e. The Kier molecular flexibility index (Phi) is 4.26. The Labute approximate surface area is 136 Å². The first-order valence-corrected chi connectivity index (χ1v) is 6.64. The summed E-state index contributed by atoms with van der Waals surface area (Å²) >= 11 is 3.39. The van der Waals surface area contributed by atoms with Crippen LogP contribution >= 0.6 is 32.9 Å². The van der Waals surface area contributed by atoms with Gasteiger partial charge >= 0.3 is 0 Å². The van der Waals surface area contributed by atoms with E-state index in [-0.39, 0.29) is 17.0 Å². The molecule has 0 spiro atoms. The summed E-state index contributed by atoms with van der Waals surface area (Å²) in [4.78, 5) is 1.76. The van der Waals surface area contributed by atoms with Gasteiger partial charge in [-0.05, 0) is 24.3 Å². The van der Waals surface area contributed by atoms with Crippen molar-refractivity contribution < 1.29 is 0 Å². The van der Waals surface area contributed by atoms with E-state index < -0.39 is 6.04 Å². The van der Waals surface area contributed by atoms with E-state index in [2.05, 4.69) is 22.0 Å². The topological polar surface area (TPSA) is 50.9 Å². The largest absolute Gasteiger partial charge is 0.306 e. The summed E-state index contributed by atoms with van der Waals surface area (Å²) in [6, 6.07) is 17.1. The third-order valence-corrected chi connectivity index (χ3v) is 3.77. The molecule has 20 heavy (non-hydrogen) atoms. The van der Waals surface area contributed by atoms with Gasteiger partial charge in [-0.15, -0.1) is 17.0 Å². The van der Waals surface area contributed by atoms with Gasteiger partial charge in [0, 0.05) is 21.3 Å². The lowest BCUT2D eigenvalue weighted by Crippen LogP contribution is -2.26. The smallest absolute Gasteiger partial charge is 0.148 e. The number of rotatable bonds is 1. The van der Waals surface area contributed by atoms with Gasteiger partial charge in [-0.2, -0.15) is 5.26 Å². The van der Waals surface area contributed by atoms with Gasteiger partial charge in [-0.3, -0.25) is 5.41 Å². The number of fused-ring (bicyclic) bond motifs is 1. The molecule has 0 bridgehead atoms. The van der Waals surface area contributed by atoms with E-state index in [0.29, 0.717) is 5.84 Å². The number of halogens is 2. The summed E-state index contributed by atoms with van der Waals surface area (Å²) in [5, 5.41) is 17.7. The number of benzene rings is 2. The molecule has 1 aliphatic heterocycles. The first-order valence-electron chi connectivity index (χ1n) is 5.84. The van der Waals surface area contributed by atoms with Gasteiger partial charge in [0.25, 0.3) is 0 Å². The number of amidine groups is 1. The van der Waals surface area contributed by atoms with Crippen LogP contribution in [0.25, 0.3) is 0 Å². The Morgan fingerprint density at radius 2 is 1.75 bits per heavy atom. The molecule has 0 aromatic heterocycles. The average molecular weight is 393 g/mol. The predicted molar refractivity (Wildman–Crippen MR) is 88.6 cm³/mol. The highest BCUT2D eigenvalue weighted by Crippen LogP contribution is 2.37. The number of anilines is 1. The maximum atomic E-state index is 9.42. The van der Waals surface area contributed by atoms with E-state index >= 15 is 0 Å². The summed E-state index contributed by atoms with van der Waals surface area (Å²) in [5.74, 6) is 0.379. The average Bonchev–Trinajstić information content (AvgIpc) is 2.73. The maximum Gasteiger partial charge on any atom is 0.148 e. The minimum absolute atomic E-state index is 0. The highest BCUT2D eigenvalue weighted by atomic mass is 79.9. The van der Waals surface area contributed by atoms with Crippen molar-refractivity contribution in [2.24, 2.45) is 0 Å². The van der Waals surface area contributed by atoms with Gasteiger partial charge in [-0.25, -0.2) is 0 Å². The van der Waals surface area contributed by atoms with Crippen LogP contribution in [-0.4, -0.2) is 5.84 Å². The molecular weight excluding hydrogens is 382 g/mol. The molecule has 1 atom stereocenters. The third-order valence-electron chi connectivity index (χ3n) is 3.24. The second-order valence-electron chi connectivity index (χ2n) is 4.31. The van der Waals surface area contributed by atoms with Crippen LogP contribution in [0.2, 0.25) is 0 Å². The van der Waals surface area contributed by atoms with Gasteiger partial charge in [0.15, 0.2) is 0 Å². The highest BCUT2D eigenvalue weighted by molar-refractivity contribution is 9.10. The van der Waals surface area contributed by atoms with Crippen molar-refractivity contribution >= 4 is 44.4 Å². The summed E-state index contributed by atoms with van der Waals surface area (Å²) in [6.07, 6.45) is 0. The zero-order chi connectivity index (χ0) is 13.4. The van der Waals surface area contributed by atoms with Crippen molar-refractivity contribution in [3.8, 4) is 6.07 Å². The van der Waals surface area contributed by atoms with Crippen LogP contribution in [0.3, 0.4) is 0 Å². The number of nitrogens with zero attached hydrogens (tertiary/aromatic N) is 2. The first-order chi connectivity index (χ1) is 9.22. The van der Waals surface area contributed by atoms with Crippen LogP contribution < -0.4 is 4.90 Å². The number of hydrogen-bond acceptors (Lipinski definition) is 2. The fourth-order valence-corrected chi connectivity index (χ4v) is 2.62. The molecule has 2 aromatic rings. The predicted octanol–water partition coefficient (Wildman–Crippen LogP) is 4.44. The molecule has 3 nitrogen and oxygen atoms in total. The van der Waals surface area contributed by atoms with Crippen molar-refractivity contribution in [1.29, 1.82) is 10.7 Å². The Balaban J connectivity index is 0.00000147. The molecule has 2 aromatic carbocycles. The standard InChI is InChI=1S/C15H10BrN3.BrH/c16-10-5-7-11(8-6-10)19-14(9-17)12-3-1-2-4-13(12)15(19)18;/h1-8,14,18H;1H. The van der Waals surface area contributed by atoms with Gasteiger partial charge in [0.2, 0.25) is 0 Å². The molecule has 1 N–H and O–H groups in total. The lowest BCUT2D eigenvalue weighted by atomic mass is 10.1. The number of hydrogen-bond donors (Lipinski definition) is 1. The van der Waals surface area contributed by atoms with Crippen molar-refractivity contribution in [2.75, 3.05) is 4.90 Å². The van der Waals surface area contributed by atoms with Crippen molar-refractivity contribution in [2.45, 2.75) is 6.04 Å². The van der Waals surface area contributed by atoms with Crippen molar-refractivity contribution in [1.82, 2.24) is 0 Å². The van der Waals surface area contributed by atoms with Crippen LogP contribution in [0.15, 0.2) is 53.0 Å². The Bertz CT molecular complexity index is 689. The van der Waals surface area contributed by atoms with Crippen molar-refractivity contribution in [3.05, 3.63) is 64.1 Å². The molecule has 0 saturated carbocycles.